The molecule has 1 aliphatic rings. The molecular formula is C14H12F3N5O. The summed E-state index contributed by atoms with van der Waals surface area (Å²) in [4.78, 5) is 3.87. The molecule has 2 N–H and O–H groups in total. The van der Waals surface area contributed by atoms with Gasteiger partial charge in [-0.15, -0.1) is 0 Å². The van der Waals surface area contributed by atoms with Crippen molar-refractivity contribution >= 4 is 5.82 Å². The summed E-state index contributed by atoms with van der Waals surface area (Å²) in [5.41, 5.74) is 5.45. The summed E-state index contributed by atoms with van der Waals surface area (Å²) in [7, 11) is 0. The first-order chi connectivity index (χ1) is 10.9. The van der Waals surface area contributed by atoms with Crippen LogP contribution in [-0.2, 0) is 10.9 Å². The molecule has 2 aromatic rings. The van der Waals surface area contributed by atoms with E-state index in [1.165, 1.54) is 0 Å². The first kappa shape index (κ1) is 15.3. The van der Waals surface area contributed by atoms with Gasteiger partial charge < -0.3 is 10.5 Å². The topological polar surface area (TPSA) is 89.8 Å². The zero-order chi connectivity index (χ0) is 16.6. The third kappa shape index (κ3) is 2.73. The Morgan fingerprint density at radius 1 is 1.43 bits per heavy atom. The van der Waals surface area contributed by atoms with Crippen LogP contribution in [0.5, 0.6) is 0 Å². The van der Waals surface area contributed by atoms with Crippen molar-refractivity contribution in [1.29, 1.82) is 5.26 Å². The number of hydrogen-bond donors (Lipinski definition) is 1. The molecule has 0 unspecified atom stereocenters. The summed E-state index contributed by atoms with van der Waals surface area (Å²) >= 11 is 0. The van der Waals surface area contributed by atoms with Crippen LogP contribution in [0.1, 0.15) is 35.8 Å². The molecule has 6 nitrogen and oxygen atoms in total. The van der Waals surface area contributed by atoms with Gasteiger partial charge in [-0.2, -0.15) is 28.2 Å². The SMILES string of the molecule is N#Cc1c([C@H]2CCCO2)nn(-c2cc(C(F)(F)F)ccn2)c1N. The van der Waals surface area contributed by atoms with Crippen LogP contribution in [-0.4, -0.2) is 21.4 Å². The van der Waals surface area contributed by atoms with E-state index < -0.39 is 11.7 Å². The van der Waals surface area contributed by atoms with Gasteiger partial charge in [-0.1, -0.05) is 0 Å². The van der Waals surface area contributed by atoms with Crippen molar-refractivity contribution in [1.82, 2.24) is 14.8 Å². The van der Waals surface area contributed by atoms with Gasteiger partial charge in [0.2, 0.25) is 0 Å². The maximum absolute atomic E-state index is 12.8. The first-order valence-corrected chi connectivity index (χ1v) is 6.85. The van der Waals surface area contributed by atoms with Gasteiger partial charge in [0, 0.05) is 12.8 Å². The number of nitriles is 1. The molecule has 9 heteroatoms. The highest BCUT2D eigenvalue weighted by Crippen LogP contribution is 2.34. The average molecular weight is 323 g/mol. The molecule has 0 saturated carbocycles. The van der Waals surface area contributed by atoms with Crippen LogP contribution in [0.25, 0.3) is 5.82 Å². The predicted octanol–water partition coefficient (Wildman–Crippen LogP) is 2.59. The second-order valence-electron chi connectivity index (χ2n) is 5.07. The number of hydrogen-bond acceptors (Lipinski definition) is 5. The molecule has 1 aliphatic heterocycles. The molecule has 0 radical (unpaired) electrons. The van der Waals surface area contributed by atoms with Crippen LogP contribution in [0, 0.1) is 11.3 Å². The van der Waals surface area contributed by atoms with E-state index in [1.54, 1.807) is 0 Å². The van der Waals surface area contributed by atoms with Crippen LogP contribution in [0.3, 0.4) is 0 Å². The minimum absolute atomic E-state index is 0.0511. The molecule has 0 amide bonds. The van der Waals surface area contributed by atoms with Crippen molar-refractivity contribution in [2.75, 3.05) is 12.3 Å². The van der Waals surface area contributed by atoms with Crippen LogP contribution >= 0.6 is 0 Å². The number of pyridine rings is 1. The van der Waals surface area contributed by atoms with E-state index in [-0.39, 0.29) is 23.3 Å². The lowest BCUT2D eigenvalue weighted by Gasteiger charge is -2.09. The van der Waals surface area contributed by atoms with E-state index in [2.05, 4.69) is 10.1 Å². The Morgan fingerprint density at radius 3 is 2.83 bits per heavy atom. The molecule has 0 bridgehead atoms. The molecule has 2 aromatic heterocycles. The van der Waals surface area contributed by atoms with Gasteiger partial charge in [0.05, 0.1) is 5.56 Å². The second kappa shape index (κ2) is 5.55. The maximum Gasteiger partial charge on any atom is 0.416 e. The Kier molecular flexibility index (Phi) is 3.69. The molecule has 3 heterocycles. The number of nitrogens with zero attached hydrogens (tertiary/aromatic N) is 4. The Labute approximate surface area is 129 Å². The number of ether oxygens (including phenoxy) is 1. The van der Waals surface area contributed by atoms with E-state index in [0.29, 0.717) is 18.7 Å². The monoisotopic (exact) mass is 323 g/mol. The number of alkyl halides is 3. The fourth-order valence-corrected chi connectivity index (χ4v) is 2.47. The van der Waals surface area contributed by atoms with E-state index in [1.807, 2.05) is 6.07 Å². The minimum atomic E-state index is -4.50. The summed E-state index contributed by atoms with van der Waals surface area (Å²) in [6, 6.07) is 3.63. The summed E-state index contributed by atoms with van der Waals surface area (Å²) in [5.74, 6) is -0.150. The number of aromatic nitrogens is 3. The highest BCUT2D eigenvalue weighted by atomic mass is 19.4. The molecule has 1 saturated heterocycles. The molecule has 0 spiro atoms. The van der Waals surface area contributed by atoms with E-state index in [0.717, 1.165) is 29.4 Å². The van der Waals surface area contributed by atoms with Gasteiger partial charge in [-0.05, 0) is 25.0 Å². The van der Waals surface area contributed by atoms with Gasteiger partial charge in [0.25, 0.3) is 0 Å². The zero-order valence-electron chi connectivity index (χ0n) is 11.8. The lowest BCUT2D eigenvalue weighted by molar-refractivity contribution is -0.137. The molecular weight excluding hydrogens is 311 g/mol. The van der Waals surface area contributed by atoms with Crippen molar-refractivity contribution in [2.45, 2.75) is 25.1 Å². The number of halogens is 3. The fourth-order valence-electron chi connectivity index (χ4n) is 2.47. The third-order valence-electron chi connectivity index (χ3n) is 3.58. The summed E-state index contributed by atoms with van der Waals surface area (Å²) < 4.78 is 45.0. The summed E-state index contributed by atoms with van der Waals surface area (Å²) in [5, 5.41) is 13.4. The number of anilines is 1. The molecule has 23 heavy (non-hydrogen) atoms. The largest absolute Gasteiger partial charge is 0.416 e. The lowest BCUT2D eigenvalue weighted by Crippen LogP contribution is -2.09. The van der Waals surface area contributed by atoms with E-state index in [4.69, 9.17) is 10.5 Å². The number of nitrogens with two attached hydrogens (primary N) is 1. The van der Waals surface area contributed by atoms with Gasteiger partial charge in [-0.25, -0.2) is 4.98 Å². The van der Waals surface area contributed by atoms with Crippen LogP contribution in [0.15, 0.2) is 18.3 Å². The van der Waals surface area contributed by atoms with Crippen LogP contribution < -0.4 is 5.73 Å². The number of rotatable bonds is 2. The second-order valence-corrected chi connectivity index (χ2v) is 5.07. The van der Waals surface area contributed by atoms with Crippen molar-refractivity contribution in [3.63, 3.8) is 0 Å². The number of nitrogen functional groups attached to an aromatic ring is 1. The quantitative estimate of drug-likeness (QED) is 0.917. The summed E-state index contributed by atoms with van der Waals surface area (Å²) in [6.45, 7) is 0.546. The molecule has 120 valence electrons. The minimum Gasteiger partial charge on any atom is -0.382 e. The van der Waals surface area contributed by atoms with Gasteiger partial charge in [0.1, 0.15) is 29.2 Å². The lowest BCUT2D eigenvalue weighted by atomic mass is 10.1. The highest BCUT2D eigenvalue weighted by Gasteiger charge is 2.32. The van der Waals surface area contributed by atoms with Crippen molar-refractivity contribution < 1.29 is 17.9 Å². The molecule has 3 rings (SSSR count). The standard InChI is InChI=1S/C14H12F3N5O/c15-14(16,17)8-3-4-20-11(6-8)22-13(19)9(7-18)12(21-22)10-2-1-5-23-10/h3-4,6,10H,1-2,5,19H2/t10-/m1/s1. The van der Waals surface area contributed by atoms with Crippen molar-refractivity contribution in [3.8, 4) is 11.9 Å². The van der Waals surface area contributed by atoms with Gasteiger partial charge >= 0.3 is 6.18 Å². The zero-order valence-corrected chi connectivity index (χ0v) is 11.8. The first-order valence-electron chi connectivity index (χ1n) is 6.85. The third-order valence-corrected chi connectivity index (χ3v) is 3.58. The molecule has 1 atom stereocenters. The van der Waals surface area contributed by atoms with E-state index >= 15 is 0 Å². The Balaban J connectivity index is 2.09. The predicted molar refractivity (Wildman–Crippen MR) is 73.4 cm³/mol. The Bertz CT molecular complexity index is 772. The molecule has 1 fully saturated rings. The van der Waals surface area contributed by atoms with E-state index in [9.17, 15) is 18.4 Å². The average Bonchev–Trinajstić information content (AvgIpc) is 3.14. The van der Waals surface area contributed by atoms with Crippen molar-refractivity contribution in [2.24, 2.45) is 0 Å². The normalized spacial score (nSPS) is 18.1. The van der Waals surface area contributed by atoms with Gasteiger partial charge in [0.15, 0.2) is 5.82 Å². The maximum atomic E-state index is 12.8. The Hall–Kier alpha value is -2.60. The highest BCUT2D eigenvalue weighted by molar-refractivity contribution is 5.56. The Morgan fingerprint density at radius 2 is 2.22 bits per heavy atom. The van der Waals surface area contributed by atoms with Crippen LogP contribution in [0.2, 0.25) is 0 Å². The molecule has 0 aromatic carbocycles. The van der Waals surface area contributed by atoms with Gasteiger partial charge in [-0.3, -0.25) is 0 Å². The van der Waals surface area contributed by atoms with Crippen molar-refractivity contribution in [3.05, 3.63) is 35.2 Å². The van der Waals surface area contributed by atoms with Crippen LogP contribution in [0.4, 0.5) is 19.0 Å². The smallest absolute Gasteiger partial charge is 0.382 e. The fraction of sp³-hybridized carbons (Fsp3) is 0.357. The summed E-state index contributed by atoms with van der Waals surface area (Å²) in [6.07, 6.45) is -2.35. The molecule has 0 aliphatic carbocycles.